The fourth-order valence-electron chi connectivity index (χ4n) is 2.31. The van der Waals surface area contributed by atoms with Crippen LogP contribution in [0.2, 0.25) is 0 Å². The molecule has 1 aromatic rings. The fraction of sp³-hybridized carbons (Fsp3) is 0.429. The highest BCUT2D eigenvalue weighted by Gasteiger charge is 2.37. The molecule has 1 fully saturated rings. The van der Waals surface area contributed by atoms with E-state index in [0.717, 1.165) is 22.1 Å². The van der Waals surface area contributed by atoms with E-state index in [1.165, 1.54) is 0 Å². The molecule has 1 aliphatic rings. The van der Waals surface area contributed by atoms with Crippen LogP contribution in [0, 0.1) is 0 Å². The Labute approximate surface area is 121 Å². The molecule has 1 N–H and O–H groups in total. The average molecular weight is 325 g/mol. The van der Waals surface area contributed by atoms with Crippen molar-refractivity contribution in [3.8, 4) is 0 Å². The van der Waals surface area contributed by atoms with Gasteiger partial charge in [0.25, 0.3) is 0 Å². The molecule has 0 aliphatic carbocycles. The molecule has 0 spiro atoms. The van der Waals surface area contributed by atoms with Crippen molar-refractivity contribution < 1.29 is 9.59 Å². The van der Waals surface area contributed by atoms with Crippen LogP contribution in [0.4, 0.5) is 5.69 Å². The summed E-state index contributed by atoms with van der Waals surface area (Å²) in [5.41, 5.74) is 1.88. The van der Waals surface area contributed by atoms with Gasteiger partial charge < -0.3 is 5.32 Å². The minimum absolute atomic E-state index is 0.0656. The average Bonchev–Trinajstić information content (AvgIpc) is 2.38. The molecular weight excluding hydrogens is 308 g/mol. The zero-order valence-corrected chi connectivity index (χ0v) is 12.8. The molecule has 2 amide bonds. The van der Waals surface area contributed by atoms with E-state index in [2.05, 4.69) is 21.2 Å². The van der Waals surface area contributed by atoms with Gasteiger partial charge in [0, 0.05) is 10.2 Å². The largest absolute Gasteiger partial charge is 0.343 e. The molecule has 0 aromatic heterocycles. The molecule has 4 nitrogen and oxygen atoms in total. The Hall–Kier alpha value is -1.36. The number of aryl methyl sites for hydroxylation is 1. The maximum absolute atomic E-state index is 12.3. The first-order valence-electron chi connectivity index (χ1n) is 6.37. The third-order valence-corrected chi connectivity index (χ3v) is 3.91. The Balaban J connectivity index is 2.49. The molecule has 102 valence electrons. The Kier molecular flexibility index (Phi) is 3.94. The van der Waals surface area contributed by atoms with E-state index in [1.54, 1.807) is 18.7 Å². The van der Waals surface area contributed by atoms with Crippen molar-refractivity contribution in [3.63, 3.8) is 0 Å². The first-order valence-corrected chi connectivity index (χ1v) is 7.17. The second-order valence-electron chi connectivity index (χ2n) is 4.74. The van der Waals surface area contributed by atoms with E-state index >= 15 is 0 Å². The number of carbonyl (C=O) groups is 2. The monoisotopic (exact) mass is 324 g/mol. The van der Waals surface area contributed by atoms with E-state index in [0.29, 0.717) is 0 Å². The summed E-state index contributed by atoms with van der Waals surface area (Å²) in [5, 5.41) is 2.69. The van der Waals surface area contributed by atoms with Gasteiger partial charge in [0.05, 0.1) is 0 Å². The van der Waals surface area contributed by atoms with Crippen LogP contribution in [0.3, 0.4) is 0 Å². The van der Waals surface area contributed by atoms with Crippen molar-refractivity contribution in [3.05, 3.63) is 28.2 Å². The van der Waals surface area contributed by atoms with Gasteiger partial charge in [0.1, 0.15) is 12.1 Å². The van der Waals surface area contributed by atoms with Crippen LogP contribution in [-0.2, 0) is 16.0 Å². The first-order chi connectivity index (χ1) is 8.95. The van der Waals surface area contributed by atoms with Crippen molar-refractivity contribution in [1.82, 2.24) is 5.32 Å². The number of nitrogens with one attached hydrogen (secondary N) is 1. The van der Waals surface area contributed by atoms with Gasteiger partial charge in [-0.05, 0) is 44.0 Å². The van der Waals surface area contributed by atoms with Crippen LogP contribution in [0.15, 0.2) is 22.7 Å². The second-order valence-corrected chi connectivity index (χ2v) is 5.66. The van der Waals surface area contributed by atoms with Crippen LogP contribution in [0.1, 0.15) is 26.3 Å². The Morgan fingerprint density at radius 3 is 2.63 bits per heavy atom. The van der Waals surface area contributed by atoms with Gasteiger partial charge in [-0.1, -0.05) is 22.9 Å². The van der Waals surface area contributed by atoms with Gasteiger partial charge in [-0.2, -0.15) is 0 Å². The SMILES string of the molecule is CCc1cc(Br)ccc1N1C(=O)C(C)NC(=O)C1C. The summed E-state index contributed by atoms with van der Waals surface area (Å²) in [6.45, 7) is 5.50. The Morgan fingerprint density at radius 1 is 1.32 bits per heavy atom. The minimum atomic E-state index is -0.477. The summed E-state index contributed by atoms with van der Waals surface area (Å²) in [5.74, 6) is -0.179. The van der Waals surface area contributed by atoms with Gasteiger partial charge >= 0.3 is 0 Å². The van der Waals surface area contributed by atoms with E-state index in [1.807, 2.05) is 25.1 Å². The molecule has 1 heterocycles. The van der Waals surface area contributed by atoms with Crippen LogP contribution in [0.25, 0.3) is 0 Å². The van der Waals surface area contributed by atoms with Gasteiger partial charge in [0.15, 0.2) is 0 Å². The Morgan fingerprint density at radius 2 is 2.00 bits per heavy atom. The number of hydrogen-bond acceptors (Lipinski definition) is 2. The van der Waals surface area contributed by atoms with Crippen LogP contribution in [-0.4, -0.2) is 23.9 Å². The highest BCUT2D eigenvalue weighted by atomic mass is 79.9. The summed E-state index contributed by atoms with van der Waals surface area (Å²) in [4.78, 5) is 25.8. The molecule has 1 aromatic carbocycles. The van der Waals surface area contributed by atoms with E-state index in [4.69, 9.17) is 0 Å². The van der Waals surface area contributed by atoms with Gasteiger partial charge in [-0.15, -0.1) is 0 Å². The van der Waals surface area contributed by atoms with Crippen molar-refractivity contribution in [2.45, 2.75) is 39.3 Å². The molecule has 5 heteroatoms. The highest BCUT2D eigenvalue weighted by Crippen LogP contribution is 2.28. The fourth-order valence-corrected chi connectivity index (χ4v) is 2.72. The quantitative estimate of drug-likeness (QED) is 0.907. The molecule has 0 radical (unpaired) electrons. The maximum Gasteiger partial charge on any atom is 0.250 e. The highest BCUT2D eigenvalue weighted by molar-refractivity contribution is 9.10. The number of anilines is 1. The number of benzene rings is 1. The smallest absolute Gasteiger partial charge is 0.250 e. The number of carbonyl (C=O) groups excluding carboxylic acids is 2. The molecule has 19 heavy (non-hydrogen) atoms. The Bertz CT molecular complexity index is 530. The lowest BCUT2D eigenvalue weighted by Gasteiger charge is -2.37. The lowest BCUT2D eigenvalue weighted by Crippen LogP contribution is -2.61. The maximum atomic E-state index is 12.3. The second kappa shape index (κ2) is 5.33. The summed E-state index contributed by atoms with van der Waals surface area (Å²) in [7, 11) is 0. The molecule has 2 unspecified atom stereocenters. The molecule has 2 atom stereocenters. The number of rotatable bonds is 2. The van der Waals surface area contributed by atoms with Gasteiger partial charge in [-0.3, -0.25) is 14.5 Å². The summed E-state index contributed by atoms with van der Waals surface area (Å²) < 4.78 is 0.975. The van der Waals surface area contributed by atoms with Gasteiger partial charge in [0.2, 0.25) is 11.8 Å². The van der Waals surface area contributed by atoms with Crippen LogP contribution >= 0.6 is 15.9 Å². The first kappa shape index (κ1) is 14.1. The van der Waals surface area contributed by atoms with Gasteiger partial charge in [-0.25, -0.2) is 0 Å². The standard InChI is InChI=1S/C14H17BrN2O2/c1-4-10-7-11(15)5-6-12(10)17-9(3)13(18)16-8(2)14(17)19/h5-9H,4H2,1-3H3,(H,16,18). The molecule has 0 bridgehead atoms. The van der Waals surface area contributed by atoms with E-state index in [9.17, 15) is 9.59 Å². The molecule has 1 aliphatic heterocycles. The predicted molar refractivity (Wildman–Crippen MR) is 78.1 cm³/mol. The molecular formula is C14H17BrN2O2. The van der Waals surface area contributed by atoms with E-state index in [-0.39, 0.29) is 11.8 Å². The van der Waals surface area contributed by atoms with Crippen LogP contribution in [0.5, 0.6) is 0 Å². The summed E-state index contributed by atoms with van der Waals surface area (Å²) in [6, 6.07) is 4.83. The normalized spacial score (nSPS) is 23.5. The van der Waals surface area contributed by atoms with E-state index < -0.39 is 12.1 Å². The third kappa shape index (κ3) is 2.52. The van der Waals surface area contributed by atoms with Crippen molar-refractivity contribution in [2.24, 2.45) is 0 Å². The van der Waals surface area contributed by atoms with Crippen LogP contribution < -0.4 is 10.2 Å². The zero-order chi connectivity index (χ0) is 14.2. The number of amides is 2. The molecule has 1 saturated heterocycles. The topological polar surface area (TPSA) is 49.4 Å². The van der Waals surface area contributed by atoms with Crippen molar-refractivity contribution >= 4 is 33.4 Å². The molecule has 2 rings (SSSR count). The molecule has 0 saturated carbocycles. The van der Waals surface area contributed by atoms with Crippen molar-refractivity contribution in [1.29, 1.82) is 0 Å². The predicted octanol–water partition coefficient (Wildman–Crippen LogP) is 2.25. The lowest BCUT2D eigenvalue weighted by molar-refractivity contribution is -0.133. The number of halogens is 1. The number of hydrogen-bond donors (Lipinski definition) is 1. The number of piperazine rings is 1. The minimum Gasteiger partial charge on any atom is -0.343 e. The third-order valence-electron chi connectivity index (χ3n) is 3.42. The number of nitrogens with zero attached hydrogens (tertiary/aromatic N) is 1. The summed E-state index contributed by atoms with van der Waals surface area (Å²) in [6.07, 6.45) is 0.807. The summed E-state index contributed by atoms with van der Waals surface area (Å²) >= 11 is 3.43. The lowest BCUT2D eigenvalue weighted by atomic mass is 10.0. The van der Waals surface area contributed by atoms with Crippen molar-refractivity contribution in [2.75, 3.05) is 4.90 Å². The zero-order valence-electron chi connectivity index (χ0n) is 11.2.